The zero-order valence-electron chi connectivity index (χ0n) is 9.64. The summed E-state index contributed by atoms with van der Waals surface area (Å²) in [6, 6.07) is 0. The minimum absolute atomic E-state index is 0.120. The minimum Gasteiger partial charge on any atom is -0.392 e. The first-order chi connectivity index (χ1) is 5.55. The van der Waals surface area contributed by atoms with Gasteiger partial charge >= 0.3 is 0 Å². The van der Waals surface area contributed by atoms with Gasteiger partial charge in [0.1, 0.15) is 5.78 Å². The van der Waals surface area contributed by atoms with Crippen LogP contribution in [0.25, 0.3) is 0 Å². The van der Waals surface area contributed by atoms with Crippen LogP contribution in [0.15, 0.2) is 0 Å². The van der Waals surface area contributed by atoms with Crippen LogP contribution in [-0.4, -0.2) is 17.0 Å². The van der Waals surface area contributed by atoms with Crippen LogP contribution in [-0.2, 0) is 4.79 Å². The second kappa shape index (κ2) is 3.79. The maximum atomic E-state index is 11.6. The van der Waals surface area contributed by atoms with E-state index in [9.17, 15) is 9.90 Å². The highest BCUT2D eigenvalue weighted by atomic mass is 16.3. The van der Waals surface area contributed by atoms with E-state index in [-0.39, 0.29) is 23.0 Å². The summed E-state index contributed by atoms with van der Waals surface area (Å²) in [5.41, 5.74) is -0.548. The second-order valence-electron chi connectivity index (χ2n) is 5.76. The molecule has 0 spiro atoms. The maximum absolute atomic E-state index is 11.6. The van der Waals surface area contributed by atoms with Crippen LogP contribution in [0.4, 0.5) is 0 Å². The third kappa shape index (κ3) is 4.41. The summed E-state index contributed by atoms with van der Waals surface area (Å²) in [5.74, 6) is 0.120. The normalized spacial score (nSPS) is 15.6. The Hall–Kier alpha value is -0.370. The van der Waals surface area contributed by atoms with E-state index in [2.05, 4.69) is 0 Å². The molecule has 0 heterocycles. The van der Waals surface area contributed by atoms with E-state index in [1.807, 2.05) is 41.5 Å². The van der Waals surface area contributed by atoms with Gasteiger partial charge in [-0.1, -0.05) is 41.5 Å². The standard InChI is InChI=1S/C11H22O2/c1-10(2,3)8(12)7-9(13)11(4,5)6/h8,12H,7H2,1-6H3/t8-/m1/s1. The zero-order valence-corrected chi connectivity index (χ0v) is 9.64. The molecule has 78 valence electrons. The summed E-state index contributed by atoms with van der Waals surface area (Å²) >= 11 is 0. The molecule has 0 fully saturated rings. The molecule has 0 aromatic rings. The van der Waals surface area contributed by atoms with E-state index < -0.39 is 6.10 Å². The Morgan fingerprint density at radius 1 is 1.15 bits per heavy atom. The molecule has 0 unspecified atom stereocenters. The van der Waals surface area contributed by atoms with Crippen LogP contribution in [0.5, 0.6) is 0 Å². The summed E-state index contributed by atoms with van der Waals surface area (Å²) < 4.78 is 0. The largest absolute Gasteiger partial charge is 0.392 e. The monoisotopic (exact) mass is 186 g/mol. The van der Waals surface area contributed by atoms with E-state index >= 15 is 0 Å². The van der Waals surface area contributed by atoms with Crippen molar-refractivity contribution in [1.29, 1.82) is 0 Å². The van der Waals surface area contributed by atoms with Crippen molar-refractivity contribution in [1.82, 2.24) is 0 Å². The molecule has 0 saturated heterocycles. The second-order valence-corrected chi connectivity index (χ2v) is 5.76. The summed E-state index contributed by atoms with van der Waals surface area (Å²) in [6.07, 6.45) is -0.285. The highest BCUT2D eigenvalue weighted by molar-refractivity contribution is 5.84. The zero-order chi connectivity index (χ0) is 10.9. The van der Waals surface area contributed by atoms with Gasteiger partial charge in [0.25, 0.3) is 0 Å². The maximum Gasteiger partial charge on any atom is 0.140 e. The van der Waals surface area contributed by atoms with Crippen molar-refractivity contribution in [3.63, 3.8) is 0 Å². The van der Waals surface area contributed by atoms with Crippen LogP contribution in [0, 0.1) is 10.8 Å². The van der Waals surface area contributed by atoms with Crippen LogP contribution < -0.4 is 0 Å². The van der Waals surface area contributed by atoms with Gasteiger partial charge in [-0.05, 0) is 5.41 Å². The fourth-order valence-corrected chi connectivity index (χ4v) is 0.788. The molecule has 0 saturated carbocycles. The summed E-state index contributed by atoms with van der Waals surface area (Å²) in [4.78, 5) is 11.6. The minimum atomic E-state index is -0.542. The predicted octanol–water partition coefficient (Wildman–Crippen LogP) is 2.40. The van der Waals surface area contributed by atoms with Crippen molar-refractivity contribution in [2.75, 3.05) is 0 Å². The number of aliphatic hydroxyl groups excluding tert-OH is 1. The number of Topliss-reactive ketones (excluding diaryl/α,β-unsaturated/α-hetero) is 1. The molecule has 13 heavy (non-hydrogen) atoms. The molecule has 1 N–H and O–H groups in total. The Bertz CT molecular complexity index is 181. The van der Waals surface area contributed by atoms with Crippen molar-refractivity contribution in [2.24, 2.45) is 10.8 Å². The van der Waals surface area contributed by atoms with E-state index in [4.69, 9.17) is 0 Å². The Labute approximate surface area is 81.3 Å². The average molecular weight is 186 g/mol. The van der Waals surface area contributed by atoms with Gasteiger partial charge in [-0.15, -0.1) is 0 Å². The fourth-order valence-electron chi connectivity index (χ4n) is 0.788. The van der Waals surface area contributed by atoms with E-state index in [0.29, 0.717) is 0 Å². The lowest BCUT2D eigenvalue weighted by Crippen LogP contribution is -2.32. The molecule has 1 atom stereocenters. The van der Waals surface area contributed by atoms with Crippen molar-refractivity contribution >= 4 is 5.78 Å². The third-order valence-electron chi connectivity index (χ3n) is 2.21. The molecule has 0 amide bonds. The van der Waals surface area contributed by atoms with Gasteiger partial charge in [0.05, 0.1) is 6.10 Å². The molecule has 0 aliphatic carbocycles. The van der Waals surface area contributed by atoms with Gasteiger partial charge in [0.15, 0.2) is 0 Å². The van der Waals surface area contributed by atoms with E-state index in [1.54, 1.807) is 0 Å². The van der Waals surface area contributed by atoms with Gasteiger partial charge in [-0.2, -0.15) is 0 Å². The van der Waals surface area contributed by atoms with Crippen molar-refractivity contribution in [2.45, 2.75) is 54.1 Å². The van der Waals surface area contributed by atoms with Gasteiger partial charge in [-0.25, -0.2) is 0 Å². The number of rotatable bonds is 2. The van der Waals surface area contributed by atoms with Crippen LogP contribution in [0.1, 0.15) is 48.0 Å². The molecular weight excluding hydrogens is 164 g/mol. The van der Waals surface area contributed by atoms with Gasteiger partial charge in [-0.3, -0.25) is 4.79 Å². The highest BCUT2D eigenvalue weighted by Gasteiger charge is 2.29. The van der Waals surface area contributed by atoms with Crippen molar-refractivity contribution in [3.8, 4) is 0 Å². The topological polar surface area (TPSA) is 37.3 Å². The molecule has 2 heteroatoms. The van der Waals surface area contributed by atoms with Crippen molar-refractivity contribution in [3.05, 3.63) is 0 Å². The predicted molar refractivity (Wildman–Crippen MR) is 54.5 cm³/mol. The summed E-state index contributed by atoms with van der Waals surface area (Å²) in [5, 5.41) is 9.70. The van der Waals surface area contributed by atoms with Crippen LogP contribution in [0.2, 0.25) is 0 Å². The Morgan fingerprint density at radius 2 is 1.54 bits per heavy atom. The lowest BCUT2D eigenvalue weighted by Gasteiger charge is -2.27. The molecule has 0 aromatic heterocycles. The quantitative estimate of drug-likeness (QED) is 0.719. The average Bonchev–Trinajstić information content (AvgIpc) is 1.82. The third-order valence-corrected chi connectivity index (χ3v) is 2.21. The lowest BCUT2D eigenvalue weighted by molar-refractivity contribution is -0.129. The summed E-state index contributed by atoms with van der Waals surface area (Å²) in [6.45, 7) is 11.5. The number of carbonyl (C=O) groups excluding carboxylic acids is 1. The molecule has 0 radical (unpaired) electrons. The Balaban J connectivity index is 4.24. The van der Waals surface area contributed by atoms with Crippen LogP contribution >= 0.6 is 0 Å². The van der Waals surface area contributed by atoms with Gasteiger partial charge in [0.2, 0.25) is 0 Å². The summed E-state index contributed by atoms with van der Waals surface area (Å²) in [7, 11) is 0. The number of hydrogen-bond acceptors (Lipinski definition) is 2. The Morgan fingerprint density at radius 3 is 1.77 bits per heavy atom. The number of carbonyl (C=O) groups is 1. The first-order valence-corrected chi connectivity index (χ1v) is 4.76. The molecule has 0 rings (SSSR count). The van der Waals surface area contributed by atoms with Crippen molar-refractivity contribution < 1.29 is 9.90 Å². The van der Waals surface area contributed by atoms with Gasteiger partial charge in [0, 0.05) is 11.8 Å². The SMILES string of the molecule is CC(C)(C)C(=O)C[C@@H](O)C(C)(C)C. The molecule has 0 aliphatic heterocycles. The number of aliphatic hydroxyl groups is 1. The highest BCUT2D eigenvalue weighted by Crippen LogP contribution is 2.25. The first kappa shape index (κ1) is 12.6. The first-order valence-electron chi connectivity index (χ1n) is 4.76. The van der Waals surface area contributed by atoms with Gasteiger partial charge < -0.3 is 5.11 Å². The van der Waals surface area contributed by atoms with E-state index in [1.165, 1.54) is 0 Å². The van der Waals surface area contributed by atoms with E-state index in [0.717, 1.165) is 0 Å². The molecule has 0 bridgehead atoms. The number of hydrogen-bond donors (Lipinski definition) is 1. The lowest BCUT2D eigenvalue weighted by atomic mass is 9.81. The molecule has 2 nitrogen and oxygen atoms in total. The number of ketones is 1. The Kier molecular flexibility index (Phi) is 3.68. The van der Waals surface area contributed by atoms with Crippen LogP contribution in [0.3, 0.4) is 0 Å². The molecule has 0 aromatic carbocycles. The molecular formula is C11H22O2. The fraction of sp³-hybridized carbons (Fsp3) is 0.909. The smallest absolute Gasteiger partial charge is 0.140 e. The molecule has 0 aliphatic rings.